The maximum absolute atomic E-state index is 11.9. The van der Waals surface area contributed by atoms with Crippen LogP contribution in [0, 0.1) is 5.92 Å². The van der Waals surface area contributed by atoms with Gasteiger partial charge in [-0.15, -0.1) is 0 Å². The van der Waals surface area contributed by atoms with Crippen LogP contribution in [0.3, 0.4) is 0 Å². The van der Waals surface area contributed by atoms with Gasteiger partial charge in [-0.25, -0.2) is 0 Å². The fourth-order valence-corrected chi connectivity index (χ4v) is 2.25. The predicted molar refractivity (Wildman–Crippen MR) is 87.4 cm³/mol. The monoisotopic (exact) mass is 320 g/mol. The van der Waals surface area contributed by atoms with Crippen molar-refractivity contribution in [3.63, 3.8) is 0 Å². The van der Waals surface area contributed by atoms with Crippen molar-refractivity contribution in [1.82, 2.24) is 5.32 Å². The maximum atomic E-state index is 11.9. The standard InChI is InChI=1S/C17H24N2O4/c1-11(2)9-22-7-6-16(20)18-12(3)13-4-5-15-14(8-13)19-17(21)10-23-15/h4-5,8,11-12H,6-7,9-10H2,1-3H3,(H,18,20)(H,19,21)/t12-/m1/s1. The van der Waals surface area contributed by atoms with E-state index in [4.69, 9.17) is 9.47 Å². The van der Waals surface area contributed by atoms with Crippen LogP contribution < -0.4 is 15.4 Å². The second-order valence-electron chi connectivity index (χ2n) is 6.10. The smallest absolute Gasteiger partial charge is 0.262 e. The van der Waals surface area contributed by atoms with Gasteiger partial charge in [0.15, 0.2) is 6.61 Å². The summed E-state index contributed by atoms with van der Waals surface area (Å²) in [6.07, 6.45) is 0.335. The average Bonchev–Trinajstić information content (AvgIpc) is 2.50. The van der Waals surface area contributed by atoms with Crippen LogP contribution in [0.4, 0.5) is 5.69 Å². The van der Waals surface area contributed by atoms with Crippen LogP contribution in [0.25, 0.3) is 0 Å². The van der Waals surface area contributed by atoms with E-state index in [2.05, 4.69) is 24.5 Å². The summed E-state index contributed by atoms with van der Waals surface area (Å²) < 4.78 is 10.7. The summed E-state index contributed by atoms with van der Waals surface area (Å²) in [6.45, 7) is 7.16. The molecular formula is C17H24N2O4. The highest BCUT2D eigenvalue weighted by Crippen LogP contribution is 2.30. The molecule has 1 aromatic rings. The fraction of sp³-hybridized carbons (Fsp3) is 0.529. The Labute approximate surface area is 136 Å². The SMILES string of the molecule is CC(C)COCCC(=O)N[C@H](C)c1ccc2c(c1)NC(=O)CO2. The van der Waals surface area contributed by atoms with E-state index in [-0.39, 0.29) is 24.5 Å². The molecule has 0 radical (unpaired) electrons. The van der Waals surface area contributed by atoms with Crippen molar-refractivity contribution in [2.45, 2.75) is 33.2 Å². The highest BCUT2D eigenvalue weighted by atomic mass is 16.5. The van der Waals surface area contributed by atoms with E-state index in [9.17, 15) is 9.59 Å². The number of carbonyl (C=O) groups excluding carboxylic acids is 2. The Balaban J connectivity index is 1.85. The molecule has 23 heavy (non-hydrogen) atoms. The van der Waals surface area contributed by atoms with E-state index in [0.717, 1.165) is 5.56 Å². The van der Waals surface area contributed by atoms with Crippen molar-refractivity contribution in [1.29, 1.82) is 0 Å². The number of hydrogen-bond acceptors (Lipinski definition) is 4. The Morgan fingerprint density at radius 3 is 2.91 bits per heavy atom. The lowest BCUT2D eigenvalue weighted by Gasteiger charge is -2.21. The second kappa shape index (κ2) is 7.97. The van der Waals surface area contributed by atoms with Gasteiger partial charge in [0, 0.05) is 13.0 Å². The van der Waals surface area contributed by atoms with E-state index >= 15 is 0 Å². The Hall–Kier alpha value is -2.08. The highest BCUT2D eigenvalue weighted by Gasteiger charge is 2.18. The lowest BCUT2D eigenvalue weighted by molar-refractivity contribution is -0.123. The molecule has 1 aromatic carbocycles. The van der Waals surface area contributed by atoms with Gasteiger partial charge in [0.05, 0.1) is 18.3 Å². The third-order valence-electron chi connectivity index (χ3n) is 3.44. The first-order valence-corrected chi connectivity index (χ1v) is 7.89. The zero-order valence-corrected chi connectivity index (χ0v) is 13.8. The van der Waals surface area contributed by atoms with Crippen LogP contribution in [0.1, 0.15) is 38.8 Å². The van der Waals surface area contributed by atoms with Crippen molar-refractivity contribution < 1.29 is 19.1 Å². The summed E-state index contributed by atoms with van der Waals surface area (Å²) in [5, 5.41) is 5.69. The molecule has 0 fully saturated rings. The molecule has 1 aliphatic rings. The van der Waals surface area contributed by atoms with Gasteiger partial charge >= 0.3 is 0 Å². The average molecular weight is 320 g/mol. The van der Waals surface area contributed by atoms with Gasteiger partial charge in [-0.3, -0.25) is 9.59 Å². The maximum Gasteiger partial charge on any atom is 0.262 e. The summed E-state index contributed by atoms with van der Waals surface area (Å²) >= 11 is 0. The molecule has 6 heteroatoms. The molecule has 0 aromatic heterocycles. The fourth-order valence-electron chi connectivity index (χ4n) is 2.25. The minimum atomic E-state index is -0.173. The van der Waals surface area contributed by atoms with Crippen molar-refractivity contribution in [2.75, 3.05) is 25.1 Å². The third-order valence-corrected chi connectivity index (χ3v) is 3.44. The number of ether oxygens (including phenoxy) is 2. The predicted octanol–water partition coefficient (Wildman–Crippen LogP) is 2.26. The lowest BCUT2D eigenvalue weighted by atomic mass is 10.1. The number of anilines is 1. The normalized spacial score (nSPS) is 14.7. The second-order valence-corrected chi connectivity index (χ2v) is 6.10. The Morgan fingerprint density at radius 2 is 2.17 bits per heavy atom. The van der Waals surface area contributed by atoms with Crippen LogP contribution in [-0.4, -0.2) is 31.6 Å². The van der Waals surface area contributed by atoms with Gasteiger partial charge in [-0.2, -0.15) is 0 Å². The highest BCUT2D eigenvalue weighted by molar-refractivity contribution is 5.95. The van der Waals surface area contributed by atoms with E-state index in [0.29, 0.717) is 37.0 Å². The van der Waals surface area contributed by atoms with E-state index in [1.807, 2.05) is 19.1 Å². The Kier molecular flexibility index (Phi) is 5.98. The first-order valence-electron chi connectivity index (χ1n) is 7.89. The number of carbonyl (C=O) groups is 2. The molecule has 6 nitrogen and oxygen atoms in total. The number of benzene rings is 1. The number of rotatable bonds is 7. The molecule has 0 saturated heterocycles. The van der Waals surface area contributed by atoms with Crippen LogP contribution in [0.2, 0.25) is 0 Å². The van der Waals surface area contributed by atoms with Crippen molar-refractivity contribution >= 4 is 17.5 Å². The van der Waals surface area contributed by atoms with Gasteiger partial charge in [0.2, 0.25) is 5.91 Å². The van der Waals surface area contributed by atoms with Crippen LogP contribution in [0.15, 0.2) is 18.2 Å². The van der Waals surface area contributed by atoms with Gasteiger partial charge in [0.25, 0.3) is 5.91 Å². The van der Waals surface area contributed by atoms with E-state index in [1.165, 1.54) is 0 Å². The first kappa shape index (κ1) is 17.3. The zero-order chi connectivity index (χ0) is 16.8. The minimum Gasteiger partial charge on any atom is -0.482 e. The molecule has 2 amide bonds. The van der Waals surface area contributed by atoms with E-state index in [1.54, 1.807) is 6.07 Å². The van der Waals surface area contributed by atoms with Gasteiger partial charge in [-0.1, -0.05) is 19.9 Å². The summed E-state index contributed by atoms with van der Waals surface area (Å²) in [4.78, 5) is 23.3. The van der Waals surface area contributed by atoms with Crippen LogP contribution in [-0.2, 0) is 14.3 Å². The number of hydrogen-bond donors (Lipinski definition) is 2. The molecule has 0 bridgehead atoms. The molecular weight excluding hydrogens is 296 g/mol. The molecule has 0 unspecified atom stereocenters. The summed E-state index contributed by atoms with van der Waals surface area (Å²) in [7, 11) is 0. The lowest BCUT2D eigenvalue weighted by Crippen LogP contribution is -2.28. The molecule has 1 heterocycles. The van der Waals surface area contributed by atoms with Crippen LogP contribution >= 0.6 is 0 Å². The number of amides is 2. The Morgan fingerprint density at radius 1 is 1.39 bits per heavy atom. The summed E-state index contributed by atoms with van der Waals surface area (Å²) in [5.41, 5.74) is 1.55. The molecule has 2 N–H and O–H groups in total. The molecule has 126 valence electrons. The van der Waals surface area contributed by atoms with Gasteiger partial charge in [-0.05, 0) is 30.5 Å². The molecule has 0 spiro atoms. The molecule has 2 rings (SSSR count). The van der Waals surface area contributed by atoms with Crippen molar-refractivity contribution in [2.24, 2.45) is 5.92 Å². The van der Waals surface area contributed by atoms with E-state index < -0.39 is 0 Å². The van der Waals surface area contributed by atoms with Crippen LogP contribution in [0.5, 0.6) is 5.75 Å². The van der Waals surface area contributed by atoms with Gasteiger partial charge < -0.3 is 20.1 Å². The quantitative estimate of drug-likeness (QED) is 0.756. The van der Waals surface area contributed by atoms with Crippen molar-refractivity contribution in [3.05, 3.63) is 23.8 Å². The third kappa shape index (κ3) is 5.25. The number of fused-ring (bicyclic) bond motifs is 1. The summed E-state index contributed by atoms with van der Waals surface area (Å²) in [5.74, 6) is 0.881. The molecule has 0 saturated carbocycles. The topological polar surface area (TPSA) is 76.7 Å². The zero-order valence-electron chi connectivity index (χ0n) is 13.8. The van der Waals surface area contributed by atoms with Crippen molar-refractivity contribution in [3.8, 4) is 5.75 Å². The molecule has 0 aliphatic carbocycles. The number of nitrogens with one attached hydrogen (secondary N) is 2. The first-order chi connectivity index (χ1) is 11.0. The summed E-state index contributed by atoms with van der Waals surface area (Å²) in [6, 6.07) is 5.36. The molecule has 1 aliphatic heterocycles. The van der Waals surface area contributed by atoms with Gasteiger partial charge in [0.1, 0.15) is 5.75 Å². The largest absolute Gasteiger partial charge is 0.482 e. The minimum absolute atomic E-state index is 0.0367. The Bertz CT molecular complexity index is 572. The molecule has 1 atom stereocenters.